The molecule has 102 valence electrons. The van der Waals surface area contributed by atoms with E-state index in [1.807, 2.05) is 7.11 Å². The van der Waals surface area contributed by atoms with Crippen LogP contribution in [0.25, 0.3) is 0 Å². The molecule has 0 aromatic heterocycles. The van der Waals surface area contributed by atoms with E-state index in [2.05, 4.69) is 26.1 Å². The monoisotopic (exact) mass is 243 g/mol. The lowest BCUT2D eigenvalue weighted by atomic mass is 9.77. The van der Waals surface area contributed by atoms with E-state index in [1.165, 1.54) is 0 Å². The number of likely N-dealkylation sites (N-methyl/N-ethyl adjacent to an activating group) is 1. The summed E-state index contributed by atoms with van der Waals surface area (Å²) in [6.45, 7) is 9.46. The van der Waals surface area contributed by atoms with E-state index in [-0.39, 0.29) is 5.60 Å². The quantitative estimate of drug-likeness (QED) is 0.745. The Morgan fingerprint density at radius 3 is 2.24 bits per heavy atom. The second-order valence-electron chi connectivity index (χ2n) is 4.96. The molecule has 1 aliphatic heterocycles. The molecule has 1 N–H and O–H groups in total. The maximum atomic E-state index is 5.90. The normalized spacial score (nSPS) is 20.5. The molecule has 1 fully saturated rings. The molecule has 1 heterocycles. The minimum Gasteiger partial charge on any atom is -0.381 e. The molecule has 0 spiro atoms. The highest BCUT2D eigenvalue weighted by molar-refractivity contribution is 4.95. The molecule has 3 heteroatoms. The van der Waals surface area contributed by atoms with Gasteiger partial charge in [0.1, 0.15) is 0 Å². The molecule has 0 bridgehead atoms. The van der Waals surface area contributed by atoms with Gasteiger partial charge in [0, 0.05) is 26.4 Å². The van der Waals surface area contributed by atoms with Crippen molar-refractivity contribution in [2.75, 3.05) is 26.9 Å². The lowest BCUT2D eigenvalue weighted by Gasteiger charge is -2.44. The van der Waals surface area contributed by atoms with Crippen molar-refractivity contribution in [3.05, 3.63) is 0 Å². The van der Waals surface area contributed by atoms with Crippen LogP contribution in [0, 0.1) is 5.92 Å². The Morgan fingerprint density at radius 1 is 1.24 bits per heavy atom. The molecule has 1 unspecified atom stereocenters. The zero-order valence-electron chi connectivity index (χ0n) is 11.9. The highest BCUT2D eigenvalue weighted by atomic mass is 16.5. The van der Waals surface area contributed by atoms with Gasteiger partial charge in [-0.05, 0) is 38.1 Å². The van der Waals surface area contributed by atoms with Crippen molar-refractivity contribution in [3.63, 3.8) is 0 Å². The second kappa shape index (κ2) is 7.34. The first-order valence-electron chi connectivity index (χ1n) is 7.10. The molecule has 1 aliphatic rings. The molecule has 0 aromatic carbocycles. The van der Waals surface area contributed by atoms with Crippen LogP contribution in [-0.4, -0.2) is 38.5 Å². The van der Waals surface area contributed by atoms with Crippen LogP contribution in [0.2, 0.25) is 0 Å². The molecule has 0 aliphatic carbocycles. The molecule has 3 nitrogen and oxygen atoms in total. The third-order valence-electron chi connectivity index (χ3n) is 4.33. The van der Waals surface area contributed by atoms with Gasteiger partial charge in [-0.25, -0.2) is 0 Å². The summed E-state index contributed by atoms with van der Waals surface area (Å²) in [6, 6.07) is 0.455. The molecule has 1 rings (SSSR count). The van der Waals surface area contributed by atoms with Gasteiger partial charge >= 0.3 is 0 Å². The van der Waals surface area contributed by atoms with Gasteiger partial charge in [0.15, 0.2) is 0 Å². The number of ether oxygens (including phenoxy) is 2. The van der Waals surface area contributed by atoms with Gasteiger partial charge in [-0.15, -0.1) is 0 Å². The first kappa shape index (κ1) is 14.9. The Bertz CT molecular complexity index is 190. The Morgan fingerprint density at radius 2 is 1.82 bits per heavy atom. The highest BCUT2D eigenvalue weighted by Crippen LogP contribution is 2.33. The molecule has 0 radical (unpaired) electrons. The summed E-state index contributed by atoms with van der Waals surface area (Å²) in [6.07, 6.45) is 4.44. The van der Waals surface area contributed by atoms with Crippen molar-refractivity contribution in [2.45, 2.75) is 58.1 Å². The summed E-state index contributed by atoms with van der Waals surface area (Å²) in [7, 11) is 1.86. The van der Waals surface area contributed by atoms with Crippen molar-refractivity contribution in [3.8, 4) is 0 Å². The molecule has 0 aromatic rings. The Labute approximate surface area is 106 Å². The van der Waals surface area contributed by atoms with Crippen molar-refractivity contribution in [2.24, 2.45) is 5.92 Å². The number of hydrogen-bond acceptors (Lipinski definition) is 3. The van der Waals surface area contributed by atoms with Gasteiger partial charge < -0.3 is 14.8 Å². The van der Waals surface area contributed by atoms with Gasteiger partial charge in [-0.3, -0.25) is 0 Å². The topological polar surface area (TPSA) is 30.5 Å². The van der Waals surface area contributed by atoms with Crippen molar-refractivity contribution in [1.29, 1.82) is 0 Å². The van der Waals surface area contributed by atoms with E-state index >= 15 is 0 Å². The zero-order chi connectivity index (χ0) is 12.7. The number of methoxy groups -OCH3 is 1. The third kappa shape index (κ3) is 3.43. The molecule has 1 saturated heterocycles. The highest BCUT2D eigenvalue weighted by Gasteiger charge is 2.40. The Balaban J connectivity index is 2.80. The van der Waals surface area contributed by atoms with E-state index in [9.17, 15) is 0 Å². The minimum atomic E-state index is -0.0159. The average Bonchev–Trinajstić information content (AvgIpc) is 2.41. The summed E-state index contributed by atoms with van der Waals surface area (Å²) in [5, 5.41) is 3.67. The lowest BCUT2D eigenvalue weighted by Crippen LogP contribution is -2.56. The minimum absolute atomic E-state index is 0.0159. The fourth-order valence-corrected chi connectivity index (χ4v) is 3.16. The first-order valence-corrected chi connectivity index (χ1v) is 7.10. The Kier molecular flexibility index (Phi) is 6.45. The van der Waals surface area contributed by atoms with Crippen LogP contribution in [0.4, 0.5) is 0 Å². The van der Waals surface area contributed by atoms with Gasteiger partial charge in [0.05, 0.1) is 5.60 Å². The summed E-state index contributed by atoms with van der Waals surface area (Å²) in [5.41, 5.74) is -0.0159. The smallest absolute Gasteiger partial charge is 0.0828 e. The first-order chi connectivity index (χ1) is 8.24. The standard InChI is InChI=1S/C14H29NO2/c1-5-14(6-2,16-4)13(15-7-3)12-8-10-17-11-9-12/h12-13,15H,5-11H2,1-4H3. The maximum absolute atomic E-state index is 5.90. The SMILES string of the molecule is CCNC(C1CCOCC1)C(CC)(CC)OC. The van der Waals surface area contributed by atoms with E-state index in [0.717, 1.165) is 45.4 Å². The predicted molar refractivity (Wildman–Crippen MR) is 71.3 cm³/mol. The summed E-state index contributed by atoms with van der Waals surface area (Å²) >= 11 is 0. The van der Waals surface area contributed by atoms with Crippen molar-refractivity contribution >= 4 is 0 Å². The van der Waals surface area contributed by atoms with Gasteiger partial charge in [0.25, 0.3) is 0 Å². The van der Waals surface area contributed by atoms with E-state index in [1.54, 1.807) is 0 Å². The number of hydrogen-bond donors (Lipinski definition) is 1. The van der Waals surface area contributed by atoms with Crippen LogP contribution in [0.1, 0.15) is 46.5 Å². The van der Waals surface area contributed by atoms with Crippen LogP contribution in [0.15, 0.2) is 0 Å². The van der Waals surface area contributed by atoms with Crippen molar-refractivity contribution < 1.29 is 9.47 Å². The molecule has 0 amide bonds. The molecule has 0 saturated carbocycles. The van der Waals surface area contributed by atoms with E-state index in [4.69, 9.17) is 9.47 Å². The van der Waals surface area contributed by atoms with Crippen LogP contribution >= 0.6 is 0 Å². The fraction of sp³-hybridized carbons (Fsp3) is 1.00. The summed E-state index contributed by atoms with van der Waals surface area (Å²) in [5.74, 6) is 0.684. The maximum Gasteiger partial charge on any atom is 0.0828 e. The van der Waals surface area contributed by atoms with E-state index in [0.29, 0.717) is 12.0 Å². The van der Waals surface area contributed by atoms with Crippen LogP contribution in [0.3, 0.4) is 0 Å². The Hall–Kier alpha value is -0.120. The zero-order valence-corrected chi connectivity index (χ0v) is 11.9. The summed E-state index contributed by atoms with van der Waals surface area (Å²) < 4.78 is 11.4. The lowest BCUT2D eigenvalue weighted by molar-refractivity contribution is -0.0768. The molecular formula is C14H29NO2. The van der Waals surface area contributed by atoms with Crippen LogP contribution in [-0.2, 0) is 9.47 Å². The van der Waals surface area contributed by atoms with Crippen molar-refractivity contribution in [1.82, 2.24) is 5.32 Å². The van der Waals surface area contributed by atoms with Gasteiger partial charge in [0.2, 0.25) is 0 Å². The molecule has 1 atom stereocenters. The van der Waals surface area contributed by atoms with Crippen LogP contribution < -0.4 is 5.32 Å². The van der Waals surface area contributed by atoms with Gasteiger partial charge in [-0.1, -0.05) is 20.8 Å². The largest absolute Gasteiger partial charge is 0.381 e. The van der Waals surface area contributed by atoms with E-state index < -0.39 is 0 Å². The summed E-state index contributed by atoms with van der Waals surface area (Å²) in [4.78, 5) is 0. The fourth-order valence-electron chi connectivity index (χ4n) is 3.16. The second-order valence-corrected chi connectivity index (χ2v) is 4.96. The number of rotatable bonds is 7. The van der Waals surface area contributed by atoms with Gasteiger partial charge in [-0.2, -0.15) is 0 Å². The average molecular weight is 243 g/mol. The third-order valence-corrected chi connectivity index (χ3v) is 4.33. The number of nitrogens with one attached hydrogen (secondary N) is 1. The molecular weight excluding hydrogens is 214 g/mol. The van der Waals surface area contributed by atoms with Crippen LogP contribution in [0.5, 0.6) is 0 Å². The molecule has 17 heavy (non-hydrogen) atoms. The predicted octanol–water partition coefficient (Wildman–Crippen LogP) is 2.60.